The fourth-order valence-electron chi connectivity index (χ4n) is 3.57. The molecule has 2 aromatic carbocycles. The maximum absolute atomic E-state index is 6.07. The van der Waals surface area contributed by atoms with Crippen molar-refractivity contribution in [1.82, 2.24) is 4.57 Å². The third-order valence-electron chi connectivity index (χ3n) is 5.01. The van der Waals surface area contributed by atoms with Crippen LogP contribution in [-0.4, -0.2) is 4.57 Å². The van der Waals surface area contributed by atoms with E-state index in [4.69, 9.17) is 11.6 Å². The average Bonchev–Trinajstić information content (AvgIpc) is 2.87. The monoisotopic (exact) mass is 337 g/mol. The highest BCUT2D eigenvalue weighted by Crippen LogP contribution is 2.25. The fourth-order valence-corrected chi connectivity index (χ4v) is 3.70. The van der Waals surface area contributed by atoms with Crippen molar-refractivity contribution >= 4 is 11.6 Å². The molecule has 3 heteroatoms. The zero-order valence-corrected chi connectivity index (χ0v) is 14.7. The highest BCUT2D eigenvalue weighted by molar-refractivity contribution is 6.30. The van der Waals surface area contributed by atoms with E-state index < -0.39 is 0 Å². The lowest BCUT2D eigenvalue weighted by Gasteiger charge is -2.04. The van der Waals surface area contributed by atoms with E-state index in [0.717, 1.165) is 23.9 Å². The molecule has 3 aromatic rings. The summed E-state index contributed by atoms with van der Waals surface area (Å²) in [6.07, 6.45) is 5.87. The Labute approximate surface area is 148 Å². The van der Waals surface area contributed by atoms with Crippen LogP contribution >= 0.6 is 11.6 Å². The summed E-state index contributed by atoms with van der Waals surface area (Å²) in [6, 6.07) is 18.8. The van der Waals surface area contributed by atoms with Gasteiger partial charge in [-0.3, -0.25) is 0 Å². The number of imidazole rings is 1. The lowest BCUT2D eigenvalue weighted by atomic mass is 10.0. The first-order valence-corrected chi connectivity index (χ1v) is 9.05. The van der Waals surface area contributed by atoms with E-state index >= 15 is 0 Å². The van der Waals surface area contributed by atoms with Gasteiger partial charge in [-0.2, -0.15) is 4.57 Å². The Morgan fingerprint density at radius 3 is 2.50 bits per heavy atom. The van der Waals surface area contributed by atoms with Gasteiger partial charge in [0, 0.05) is 10.6 Å². The largest absolute Gasteiger partial charge is 0.262 e. The minimum absolute atomic E-state index is 0.771. The number of benzene rings is 2. The van der Waals surface area contributed by atoms with Gasteiger partial charge in [0.15, 0.2) is 5.69 Å². The predicted molar refractivity (Wildman–Crippen MR) is 98.5 cm³/mol. The number of hydrogen-bond donors (Lipinski definition) is 0. The van der Waals surface area contributed by atoms with Gasteiger partial charge >= 0.3 is 0 Å². The van der Waals surface area contributed by atoms with Gasteiger partial charge in [-0.25, -0.2) is 4.57 Å². The maximum Gasteiger partial charge on any atom is 0.262 e. The van der Waals surface area contributed by atoms with Gasteiger partial charge in [0.25, 0.3) is 5.82 Å². The second kappa shape index (κ2) is 6.45. The SMILES string of the molecule is CC1CCc2n(-c3ccc(Cl)cc3)cc(-c3ccccc3)[n+]2CC1. The Morgan fingerprint density at radius 2 is 1.75 bits per heavy atom. The van der Waals surface area contributed by atoms with Crippen LogP contribution in [0.1, 0.15) is 25.6 Å². The van der Waals surface area contributed by atoms with Crippen molar-refractivity contribution in [3.05, 3.63) is 71.6 Å². The van der Waals surface area contributed by atoms with E-state index in [1.54, 1.807) is 0 Å². The summed E-state index contributed by atoms with van der Waals surface area (Å²) in [5.41, 5.74) is 3.76. The number of halogens is 1. The molecule has 24 heavy (non-hydrogen) atoms. The molecule has 0 N–H and O–H groups in total. The molecule has 0 saturated heterocycles. The normalized spacial score (nSPS) is 17.3. The molecule has 2 nitrogen and oxygen atoms in total. The van der Waals surface area contributed by atoms with Crippen LogP contribution in [0.5, 0.6) is 0 Å². The highest BCUT2D eigenvalue weighted by Gasteiger charge is 2.28. The molecule has 0 saturated carbocycles. The molecule has 0 spiro atoms. The molecule has 1 atom stereocenters. The summed E-state index contributed by atoms with van der Waals surface area (Å²) in [7, 11) is 0. The Bertz CT molecular complexity index is 834. The smallest absolute Gasteiger partial charge is 0.227 e. The second-order valence-electron chi connectivity index (χ2n) is 6.73. The first-order chi connectivity index (χ1) is 11.7. The lowest BCUT2D eigenvalue weighted by molar-refractivity contribution is -0.692. The van der Waals surface area contributed by atoms with Crippen LogP contribution in [0.2, 0.25) is 5.02 Å². The number of hydrogen-bond acceptors (Lipinski definition) is 0. The van der Waals surface area contributed by atoms with Gasteiger partial charge in [0.1, 0.15) is 11.9 Å². The summed E-state index contributed by atoms with van der Waals surface area (Å²) in [5, 5.41) is 0.779. The second-order valence-corrected chi connectivity index (χ2v) is 7.16. The molecule has 4 rings (SSSR count). The zero-order valence-electron chi connectivity index (χ0n) is 14.0. The van der Waals surface area contributed by atoms with Gasteiger partial charge in [0.2, 0.25) is 0 Å². The molecule has 1 aliphatic rings. The molecule has 0 amide bonds. The van der Waals surface area contributed by atoms with E-state index in [1.807, 2.05) is 12.1 Å². The molecule has 2 heterocycles. The molecule has 0 fully saturated rings. The van der Waals surface area contributed by atoms with Crippen molar-refractivity contribution in [1.29, 1.82) is 0 Å². The average molecular weight is 338 g/mol. The molecular formula is C21H22ClN2+. The van der Waals surface area contributed by atoms with Crippen molar-refractivity contribution in [2.75, 3.05) is 0 Å². The molecule has 1 aromatic heterocycles. The van der Waals surface area contributed by atoms with E-state index in [9.17, 15) is 0 Å². The van der Waals surface area contributed by atoms with Gasteiger partial charge in [-0.15, -0.1) is 0 Å². The summed E-state index contributed by atoms with van der Waals surface area (Å²) >= 11 is 6.07. The maximum atomic E-state index is 6.07. The van der Waals surface area contributed by atoms with Gasteiger partial charge in [0.05, 0.1) is 13.0 Å². The fraction of sp³-hybridized carbons (Fsp3) is 0.286. The standard InChI is InChI=1S/C21H22ClN2/c1-16-7-12-21-23(14-13-16)20(17-5-3-2-4-6-17)15-24(21)19-10-8-18(22)9-11-19/h2-6,8-11,15-16H,7,12-14H2,1H3/q+1. The Kier molecular flexibility index (Phi) is 4.15. The van der Waals surface area contributed by atoms with Crippen molar-refractivity contribution in [2.45, 2.75) is 32.7 Å². The van der Waals surface area contributed by atoms with Crippen LogP contribution in [0.25, 0.3) is 16.9 Å². The van der Waals surface area contributed by atoms with Crippen LogP contribution in [0, 0.1) is 5.92 Å². The minimum Gasteiger partial charge on any atom is -0.227 e. The van der Waals surface area contributed by atoms with E-state index in [0.29, 0.717) is 0 Å². The molecular weight excluding hydrogens is 316 g/mol. The molecule has 1 unspecified atom stereocenters. The number of nitrogens with zero attached hydrogens (tertiary/aromatic N) is 2. The van der Waals surface area contributed by atoms with Crippen molar-refractivity contribution in [3.8, 4) is 16.9 Å². The van der Waals surface area contributed by atoms with E-state index in [-0.39, 0.29) is 0 Å². The molecule has 0 bridgehead atoms. The van der Waals surface area contributed by atoms with Crippen molar-refractivity contribution < 1.29 is 4.57 Å². The highest BCUT2D eigenvalue weighted by atomic mass is 35.5. The van der Waals surface area contributed by atoms with Crippen LogP contribution < -0.4 is 4.57 Å². The number of rotatable bonds is 2. The molecule has 1 aliphatic heterocycles. The minimum atomic E-state index is 0.771. The topological polar surface area (TPSA) is 8.81 Å². The van der Waals surface area contributed by atoms with Crippen LogP contribution in [0.15, 0.2) is 60.8 Å². The Morgan fingerprint density at radius 1 is 1.00 bits per heavy atom. The first-order valence-electron chi connectivity index (χ1n) is 8.68. The number of aromatic nitrogens is 2. The van der Waals surface area contributed by atoms with E-state index in [2.05, 4.69) is 64.7 Å². The summed E-state index contributed by atoms with van der Waals surface area (Å²) in [4.78, 5) is 0. The van der Waals surface area contributed by atoms with Crippen molar-refractivity contribution in [2.24, 2.45) is 5.92 Å². The van der Waals surface area contributed by atoms with Crippen LogP contribution in [0.4, 0.5) is 0 Å². The number of fused-ring (bicyclic) bond motifs is 1. The van der Waals surface area contributed by atoms with Crippen molar-refractivity contribution in [3.63, 3.8) is 0 Å². The predicted octanol–water partition coefficient (Wildman–Crippen LogP) is 5.06. The zero-order chi connectivity index (χ0) is 16.5. The lowest BCUT2D eigenvalue weighted by Crippen LogP contribution is -2.38. The van der Waals surface area contributed by atoms with Crippen LogP contribution in [0.3, 0.4) is 0 Å². The summed E-state index contributed by atoms with van der Waals surface area (Å²) in [5.74, 6) is 2.16. The summed E-state index contributed by atoms with van der Waals surface area (Å²) in [6.45, 7) is 3.45. The first kappa shape index (κ1) is 15.5. The quantitative estimate of drug-likeness (QED) is 0.578. The Balaban J connectivity index is 1.88. The Hall–Kier alpha value is -2.06. The van der Waals surface area contributed by atoms with Gasteiger partial charge in [-0.05, 0) is 43.0 Å². The third kappa shape index (κ3) is 2.87. The molecule has 0 aliphatic carbocycles. The van der Waals surface area contributed by atoms with Gasteiger partial charge < -0.3 is 0 Å². The molecule has 0 radical (unpaired) electrons. The molecule has 122 valence electrons. The third-order valence-corrected chi connectivity index (χ3v) is 5.26. The van der Waals surface area contributed by atoms with Crippen LogP contribution in [-0.2, 0) is 13.0 Å². The van der Waals surface area contributed by atoms with E-state index in [1.165, 1.54) is 35.6 Å². The summed E-state index contributed by atoms with van der Waals surface area (Å²) < 4.78 is 4.85. The van der Waals surface area contributed by atoms with Gasteiger partial charge in [-0.1, -0.05) is 48.9 Å².